The average Bonchev–Trinajstić information content (AvgIpc) is 3.47. The number of hydrogen-bond acceptors (Lipinski definition) is 6. The summed E-state index contributed by atoms with van der Waals surface area (Å²) in [5.74, 6) is 1.12. The van der Waals surface area contributed by atoms with Gasteiger partial charge in [-0.05, 0) is 59.5 Å². The fourth-order valence-electron chi connectivity index (χ4n) is 4.54. The van der Waals surface area contributed by atoms with E-state index in [1.54, 1.807) is 24.8 Å². The van der Waals surface area contributed by atoms with Gasteiger partial charge in [0.25, 0.3) is 0 Å². The Morgan fingerprint density at radius 1 is 1.03 bits per heavy atom. The standard InChI is InChI=1S/C29H26N8O/c1-17(2)12-26(38)33-20-13-19(15-31-16-20)23-5-6-24-27(34-23)28(37-36-24)25-14-22-21(18-7-10-30-11-8-18)4-3-9-32-29(22)35-25/h3-11,13-17,32,35H,12H2,1-2H3,(H,33,38)(H,36,37). The van der Waals surface area contributed by atoms with Crippen molar-refractivity contribution < 1.29 is 4.79 Å². The van der Waals surface area contributed by atoms with Crippen LogP contribution in [0.2, 0.25) is 0 Å². The summed E-state index contributed by atoms with van der Waals surface area (Å²) >= 11 is 0. The molecule has 5 aromatic rings. The van der Waals surface area contributed by atoms with Crippen LogP contribution in [0, 0.1) is 5.92 Å². The number of anilines is 2. The number of allylic oxidation sites excluding steroid dienone is 2. The number of H-pyrrole nitrogens is 2. The highest BCUT2D eigenvalue weighted by Crippen LogP contribution is 2.36. The molecular weight excluding hydrogens is 476 g/mol. The molecular formula is C29H26N8O. The van der Waals surface area contributed by atoms with Gasteiger partial charge in [-0.2, -0.15) is 5.10 Å². The van der Waals surface area contributed by atoms with Crippen LogP contribution >= 0.6 is 0 Å². The minimum absolute atomic E-state index is 0.0327. The monoisotopic (exact) mass is 502 g/mol. The lowest BCUT2D eigenvalue weighted by atomic mass is 10.00. The molecule has 1 amide bonds. The summed E-state index contributed by atoms with van der Waals surface area (Å²) in [6, 6.07) is 11.8. The number of fused-ring (bicyclic) bond motifs is 2. The van der Waals surface area contributed by atoms with E-state index in [4.69, 9.17) is 4.98 Å². The van der Waals surface area contributed by atoms with Crippen LogP contribution in [0.25, 0.3) is 39.3 Å². The third-order valence-electron chi connectivity index (χ3n) is 6.26. The fourth-order valence-corrected chi connectivity index (χ4v) is 4.54. The van der Waals surface area contributed by atoms with E-state index in [-0.39, 0.29) is 11.8 Å². The zero-order valence-corrected chi connectivity index (χ0v) is 21.0. The summed E-state index contributed by atoms with van der Waals surface area (Å²) in [5, 5.41) is 13.9. The van der Waals surface area contributed by atoms with Crippen LogP contribution in [0.15, 0.2) is 79.5 Å². The highest BCUT2D eigenvalue weighted by molar-refractivity contribution is 5.95. The summed E-state index contributed by atoms with van der Waals surface area (Å²) in [4.78, 5) is 29.1. The summed E-state index contributed by atoms with van der Waals surface area (Å²) < 4.78 is 0. The fraction of sp³-hybridized carbons (Fsp3) is 0.138. The molecule has 0 unspecified atom stereocenters. The number of carbonyl (C=O) groups excluding carboxylic acids is 1. The molecule has 0 radical (unpaired) electrons. The number of carbonyl (C=O) groups is 1. The van der Waals surface area contributed by atoms with Crippen LogP contribution in [-0.2, 0) is 4.79 Å². The number of aromatic amines is 2. The number of pyridine rings is 3. The smallest absolute Gasteiger partial charge is 0.224 e. The second-order valence-corrected chi connectivity index (χ2v) is 9.56. The predicted molar refractivity (Wildman–Crippen MR) is 149 cm³/mol. The molecule has 9 nitrogen and oxygen atoms in total. The van der Waals surface area contributed by atoms with Gasteiger partial charge in [0, 0.05) is 42.3 Å². The molecule has 6 heterocycles. The maximum Gasteiger partial charge on any atom is 0.224 e. The number of nitrogens with zero attached hydrogens (tertiary/aromatic N) is 4. The van der Waals surface area contributed by atoms with E-state index in [1.165, 1.54) is 0 Å². The second kappa shape index (κ2) is 9.78. The first-order valence-corrected chi connectivity index (χ1v) is 12.4. The molecule has 9 heteroatoms. The maximum absolute atomic E-state index is 12.2. The zero-order valence-electron chi connectivity index (χ0n) is 21.0. The van der Waals surface area contributed by atoms with Gasteiger partial charge in [0.2, 0.25) is 5.91 Å². The van der Waals surface area contributed by atoms with E-state index in [0.717, 1.165) is 50.5 Å². The van der Waals surface area contributed by atoms with Crippen LogP contribution in [-0.4, -0.2) is 36.0 Å². The quantitative estimate of drug-likeness (QED) is 0.234. The number of amides is 1. The Kier molecular flexibility index (Phi) is 6.01. The summed E-state index contributed by atoms with van der Waals surface area (Å²) in [6.07, 6.45) is 13.4. The summed E-state index contributed by atoms with van der Waals surface area (Å²) in [7, 11) is 0. The third kappa shape index (κ3) is 4.57. The molecule has 0 bridgehead atoms. The van der Waals surface area contributed by atoms with Crippen molar-refractivity contribution in [3.63, 3.8) is 0 Å². The van der Waals surface area contributed by atoms with Crippen molar-refractivity contribution in [2.24, 2.45) is 5.92 Å². The summed E-state index contributed by atoms with van der Waals surface area (Å²) in [5.41, 5.74) is 8.45. The van der Waals surface area contributed by atoms with Gasteiger partial charge in [0.15, 0.2) is 0 Å². The Balaban J connectivity index is 1.36. The Hall–Kier alpha value is -5.05. The molecule has 5 aromatic heterocycles. The summed E-state index contributed by atoms with van der Waals surface area (Å²) in [6.45, 7) is 4.03. The van der Waals surface area contributed by atoms with E-state index in [1.807, 2.05) is 56.5 Å². The molecule has 4 N–H and O–H groups in total. The van der Waals surface area contributed by atoms with Crippen LogP contribution in [0.4, 0.5) is 11.5 Å². The molecule has 0 fully saturated rings. The van der Waals surface area contributed by atoms with E-state index in [9.17, 15) is 4.79 Å². The normalized spacial score (nSPS) is 12.7. The van der Waals surface area contributed by atoms with Crippen molar-refractivity contribution in [1.29, 1.82) is 0 Å². The highest BCUT2D eigenvalue weighted by Gasteiger charge is 2.19. The predicted octanol–water partition coefficient (Wildman–Crippen LogP) is 5.77. The second-order valence-electron chi connectivity index (χ2n) is 9.56. The van der Waals surface area contributed by atoms with Crippen molar-refractivity contribution in [3.05, 3.63) is 90.7 Å². The Morgan fingerprint density at radius 3 is 2.74 bits per heavy atom. The first-order chi connectivity index (χ1) is 18.5. The van der Waals surface area contributed by atoms with Gasteiger partial charge in [0.05, 0.1) is 28.8 Å². The lowest BCUT2D eigenvalue weighted by Gasteiger charge is -2.08. The van der Waals surface area contributed by atoms with Crippen molar-refractivity contribution in [1.82, 2.24) is 30.1 Å². The number of rotatable bonds is 6. The first-order valence-electron chi connectivity index (χ1n) is 12.4. The van der Waals surface area contributed by atoms with Gasteiger partial charge in [-0.25, -0.2) is 4.98 Å². The largest absolute Gasteiger partial charge is 0.348 e. The van der Waals surface area contributed by atoms with Gasteiger partial charge in [0.1, 0.15) is 17.0 Å². The Labute approximate surface area is 219 Å². The number of nitrogens with one attached hydrogen (secondary N) is 4. The number of aromatic nitrogens is 6. The molecule has 0 saturated heterocycles. The van der Waals surface area contributed by atoms with Gasteiger partial charge in [-0.3, -0.25) is 19.9 Å². The van der Waals surface area contributed by atoms with Gasteiger partial charge in [-0.1, -0.05) is 19.9 Å². The Morgan fingerprint density at radius 2 is 1.89 bits per heavy atom. The molecule has 0 spiro atoms. The SMILES string of the molecule is CC(C)CC(=O)Nc1cncc(-c2ccc3[nH]nc(-c4cc5c([nH]4)NC=CC=C5c4ccncc4)c3n2)c1. The molecule has 0 atom stereocenters. The molecule has 1 aliphatic rings. The molecule has 0 aromatic carbocycles. The molecule has 0 saturated carbocycles. The van der Waals surface area contributed by atoms with Crippen LogP contribution in [0.5, 0.6) is 0 Å². The minimum Gasteiger partial charge on any atom is -0.348 e. The van der Waals surface area contributed by atoms with Gasteiger partial charge >= 0.3 is 0 Å². The third-order valence-corrected chi connectivity index (χ3v) is 6.26. The topological polar surface area (TPSA) is 124 Å². The first kappa shape index (κ1) is 23.4. The van der Waals surface area contributed by atoms with E-state index < -0.39 is 0 Å². The van der Waals surface area contributed by atoms with Crippen molar-refractivity contribution >= 4 is 34.0 Å². The molecule has 1 aliphatic heterocycles. The molecule has 188 valence electrons. The van der Waals surface area contributed by atoms with Crippen molar-refractivity contribution in [2.45, 2.75) is 20.3 Å². The molecule has 6 rings (SSSR count). The van der Waals surface area contributed by atoms with E-state index >= 15 is 0 Å². The molecule has 38 heavy (non-hydrogen) atoms. The average molecular weight is 503 g/mol. The highest BCUT2D eigenvalue weighted by atomic mass is 16.1. The van der Waals surface area contributed by atoms with Crippen molar-refractivity contribution in [3.8, 4) is 22.6 Å². The lowest BCUT2D eigenvalue weighted by molar-refractivity contribution is -0.116. The minimum atomic E-state index is -0.0327. The Bertz CT molecular complexity index is 1690. The zero-order chi connectivity index (χ0) is 26.1. The molecule has 0 aliphatic carbocycles. The number of hydrogen-bond donors (Lipinski definition) is 4. The maximum atomic E-state index is 12.2. The van der Waals surface area contributed by atoms with E-state index in [0.29, 0.717) is 17.8 Å². The van der Waals surface area contributed by atoms with Crippen LogP contribution in [0.1, 0.15) is 31.4 Å². The van der Waals surface area contributed by atoms with Crippen molar-refractivity contribution in [2.75, 3.05) is 10.6 Å². The van der Waals surface area contributed by atoms with Crippen LogP contribution < -0.4 is 10.6 Å². The van der Waals surface area contributed by atoms with Gasteiger partial charge in [-0.15, -0.1) is 0 Å². The van der Waals surface area contributed by atoms with Crippen LogP contribution in [0.3, 0.4) is 0 Å². The lowest BCUT2D eigenvalue weighted by Crippen LogP contribution is -2.14. The van der Waals surface area contributed by atoms with E-state index in [2.05, 4.69) is 47.9 Å². The van der Waals surface area contributed by atoms with Gasteiger partial charge < -0.3 is 15.6 Å².